The van der Waals surface area contributed by atoms with E-state index in [0.717, 1.165) is 109 Å². The molecule has 6 heteroatoms. The number of hydrogen-bond acceptors (Lipinski definition) is 6. The van der Waals surface area contributed by atoms with E-state index in [4.69, 9.17) is 14.2 Å². The molecule has 0 heterocycles. The summed E-state index contributed by atoms with van der Waals surface area (Å²) in [7, 11) is 0. The first-order valence-corrected chi connectivity index (χ1v) is 28.3. The zero-order chi connectivity index (χ0) is 47.9. The molecular formula is C60H106O6. The Kier molecular flexibility index (Phi) is 52.3. The van der Waals surface area contributed by atoms with E-state index in [9.17, 15) is 14.4 Å². The lowest BCUT2D eigenvalue weighted by atomic mass is 10.0. The van der Waals surface area contributed by atoms with Gasteiger partial charge in [-0.1, -0.05) is 248 Å². The standard InChI is InChI=1S/C60H106O6/c1-4-7-10-13-16-19-22-25-28-30-31-33-35-38-41-44-47-50-53-59(62)65-56-57(55-64-58(61)52-49-46-43-40-37-34-27-24-21-18-15-12-9-6-3)66-60(63)54-51-48-45-42-39-36-32-29-26-23-20-17-14-11-8-5-2/h8,11,17,20,26,28-31,33,57H,4-7,9-10,12-16,18-19,21-25,27,32,34-56H2,1-3H3/b11-8-,20-17-,29-26-,30-28-,33-31-. The van der Waals surface area contributed by atoms with Crippen LogP contribution < -0.4 is 0 Å². The van der Waals surface area contributed by atoms with Crippen molar-refractivity contribution >= 4 is 17.9 Å². The molecule has 1 atom stereocenters. The van der Waals surface area contributed by atoms with Gasteiger partial charge in [0, 0.05) is 19.3 Å². The van der Waals surface area contributed by atoms with Gasteiger partial charge in [0.25, 0.3) is 0 Å². The minimum Gasteiger partial charge on any atom is -0.462 e. The highest BCUT2D eigenvalue weighted by Gasteiger charge is 2.19. The van der Waals surface area contributed by atoms with Crippen LogP contribution in [0.25, 0.3) is 0 Å². The Labute approximate surface area is 409 Å². The minimum absolute atomic E-state index is 0.0824. The molecule has 0 bridgehead atoms. The normalized spacial score (nSPS) is 12.5. The third-order valence-corrected chi connectivity index (χ3v) is 12.3. The van der Waals surface area contributed by atoms with Gasteiger partial charge in [-0.05, 0) is 77.0 Å². The fraction of sp³-hybridized carbons (Fsp3) is 0.783. The van der Waals surface area contributed by atoms with E-state index in [1.807, 2.05) is 0 Å². The second kappa shape index (κ2) is 54.7. The highest BCUT2D eigenvalue weighted by Crippen LogP contribution is 2.16. The van der Waals surface area contributed by atoms with Crippen LogP contribution in [-0.4, -0.2) is 37.2 Å². The number of carbonyl (C=O) groups excluding carboxylic acids is 3. The van der Waals surface area contributed by atoms with Crippen LogP contribution in [0, 0.1) is 0 Å². The van der Waals surface area contributed by atoms with Crippen molar-refractivity contribution in [2.45, 2.75) is 290 Å². The van der Waals surface area contributed by atoms with Gasteiger partial charge in [0.05, 0.1) is 0 Å². The van der Waals surface area contributed by atoms with Gasteiger partial charge in [0.15, 0.2) is 6.10 Å². The van der Waals surface area contributed by atoms with Crippen LogP contribution in [0.4, 0.5) is 0 Å². The van der Waals surface area contributed by atoms with E-state index in [1.165, 1.54) is 135 Å². The largest absolute Gasteiger partial charge is 0.462 e. The third kappa shape index (κ3) is 52.1. The summed E-state index contributed by atoms with van der Waals surface area (Å²) in [5, 5.41) is 0. The van der Waals surface area contributed by atoms with Gasteiger partial charge < -0.3 is 14.2 Å². The molecule has 0 aromatic rings. The molecule has 0 aromatic carbocycles. The van der Waals surface area contributed by atoms with Gasteiger partial charge >= 0.3 is 17.9 Å². The summed E-state index contributed by atoms with van der Waals surface area (Å²) in [6.07, 6.45) is 67.7. The maximum atomic E-state index is 12.8. The van der Waals surface area contributed by atoms with Gasteiger partial charge in [0.1, 0.15) is 13.2 Å². The van der Waals surface area contributed by atoms with Crippen molar-refractivity contribution in [1.29, 1.82) is 0 Å². The summed E-state index contributed by atoms with van der Waals surface area (Å²) in [6, 6.07) is 0. The smallest absolute Gasteiger partial charge is 0.306 e. The number of carbonyl (C=O) groups is 3. The maximum Gasteiger partial charge on any atom is 0.306 e. The van der Waals surface area contributed by atoms with Crippen molar-refractivity contribution in [1.82, 2.24) is 0 Å². The zero-order valence-electron chi connectivity index (χ0n) is 43.7. The first-order valence-electron chi connectivity index (χ1n) is 28.3. The quantitative estimate of drug-likeness (QED) is 0.0199. The monoisotopic (exact) mass is 923 g/mol. The topological polar surface area (TPSA) is 78.9 Å². The summed E-state index contributed by atoms with van der Waals surface area (Å²) in [6.45, 7) is 6.52. The van der Waals surface area contributed by atoms with Crippen LogP contribution in [0.1, 0.15) is 284 Å². The van der Waals surface area contributed by atoms with Crippen molar-refractivity contribution in [3.63, 3.8) is 0 Å². The summed E-state index contributed by atoms with van der Waals surface area (Å²) in [5.41, 5.74) is 0. The van der Waals surface area contributed by atoms with E-state index in [0.29, 0.717) is 19.3 Å². The number of hydrogen-bond donors (Lipinski definition) is 0. The van der Waals surface area contributed by atoms with E-state index in [2.05, 4.69) is 81.5 Å². The number of rotatable bonds is 51. The summed E-state index contributed by atoms with van der Waals surface area (Å²) in [5.74, 6) is -0.900. The molecule has 66 heavy (non-hydrogen) atoms. The molecule has 0 aliphatic rings. The predicted octanol–water partition coefficient (Wildman–Crippen LogP) is 18.8. The molecule has 0 N–H and O–H groups in total. The molecule has 0 saturated carbocycles. The average molecular weight is 924 g/mol. The average Bonchev–Trinajstić information content (AvgIpc) is 3.31. The molecule has 0 saturated heterocycles. The second-order valence-electron chi connectivity index (χ2n) is 18.9. The lowest BCUT2D eigenvalue weighted by molar-refractivity contribution is -0.167. The second-order valence-corrected chi connectivity index (χ2v) is 18.9. The predicted molar refractivity (Wildman–Crippen MR) is 284 cm³/mol. The van der Waals surface area contributed by atoms with E-state index in [1.54, 1.807) is 0 Å². The van der Waals surface area contributed by atoms with Gasteiger partial charge in [0.2, 0.25) is 0 Å². The zero-order valence-corrected chi connectivity index (χ0v) is 43.7. The Morgan fingerprint density at radius 3 is 1.02 bits per heavy atom. The van der Waals surface area contributed by atoms with Crippen LogP contribution in [0.5, 0.6) is 0 Å². The summed E-state index contributed by atoms with van der Waals surface area (Å²) < 4.78 is 16.8. The number of unbranched alkanes of at least 4 members (excludes halogenated alkanes) is 31. The molecule has 0 aliphatic heterocycles. The van der Waals surface area contributed by atoms with Crippen LogP contribution in [0.3, 0.4) is 0 Å². The molecule has 0 aliphatic carbocycles. The van der Waals surface area contributed by atoms with Crippen molar-refractivity contribution in [3.8, 4) is 0 Å². The van der Waals surface area contributed by atoms with Gasteiger partial charge in [-0.15, -0.1) is 0 Å². The lowest BCUT2D eigenvalue weighted by Crippen LogP contribution is -2.30. The summed E-state index contributed by atoms with van der Waals surface area (Å²) >= 11 is 0. The molecule has 0 aromatic heterocycles. The Hall–Kier alpha value is -2.89. The van der Waals surface area contributed by atoms with Crippen molar-refractivity contribution in [3.05, 3.63) is 60.8 Å². The van der Waals surface area contributed by atoms with Gasteiger partial charge in [-0.25, -0.2) is 0 Å². The molecule has 382 valence electrons. The fourth-order valence-electron chi connectivity index (χ4n) is 8.04. The van der Waals surface area contributed by atoms with E-state index in [-0.39, 0.29) is 31.1 Å². The molecule has 0 amide bonds. The van der Waals surface area contributed by atoms with Crippen molar-refractivity contribution in [2.75, 3.05) is 13.2 Å². The maximum absolute atomic E-state index is 12.8. The first-order chi connectivity index (χ1) is 32.5. The molecule has 0 radical (unpaired) electrons. The fourth-order valence-corrected chi connectivity index (χ4v) is 8.04. The van der Waals surface area contributed by atoms with Crippen LogP contribution in [-0.2, 0) is 28.6 Å². The lowest BCUT2D eigenvalue weighted by Gasteiger charge is -2.18. The van der Waals surface area contributed by atoms with Gasteiger partial charge in [-0.3, -0.25) is 14.4 Å². The molecule has 0 fully saturated rings. The molecular weight excluding hydrogens is 817 g/mol. The van der Waals surface area contributed by atoms with Crippen LogP contribution >= 0.6 is 0 Å². The van der Waals surface area contributed by atoms with Crippen LogP contribution in [0.15, 0.2) is 60.8 Å². The van der Waals surface area contributed by atoms with Crippen molar-refractivity contribution in [2.24, 2.45) is 0 Å². The molecule has 6 nitrogen and oxygen atoms in total. The van der Waals surface area contributed by atoms with Crippen LogP contribution in [0.2, 0.25) is 0 Å². The SMILES string of the molecule is CC/C=C\C/C=C\C/C=C\CCCCCCCCC(=O)OC(COC(=O)CCCCCCC/C=C\C=C/CCCCCCCCC)COC(=O)CCCCCCCCCCCCCCCC. The van der Waals surface area contributed by atoms with E-state index < -0.39 is 6.10 Å². The Bertz CT molecular complexity index is 1200. The Balaban J connectivity index is 4.41. The highest BCUT2D eigenvalue weighted by atomic mass is 16.6. The molecule has 0 rings (SSSR count). The molecule has 0 spiro atoms. The first kappa shape index (κ1) is 63.1. The number of allylic oxidation sites excluding steroid dienone is 10. The Morgan fingerprint density at radius 1 is 0.333 bits per heavy atom. The molecule has 1 unspecified atom stereocenters. The van der Waals surface area contributed by atoms with E-state index >= 15 is 0 Å². The van der Waals surface area contributed by atoms with Gasteiger partial charge in [-0.2, -0.15) is 0 Å². The van der Waals surface area contributed by atoms with Crippen molar-refractivity contribution < 1.29 is 28.6 Å². The summed E-state index contributed by atoms with van der Waals surface area (Å²) in [4.78, 5) is 38.1. The number of esters is 3. The number of ether oxygens (including phenoxy) is 3. The third-order valence-electron chi connectivity index (χ3n) is 12.3. The Morgan fingerprint density at radius 2 is 0.636 bits per heavy atom. The highest BCUT2D eigenvalue weighted by molar-refractivity contribution is 5.71. The minimum atomic E-state index is -0.786.